The largest absolute Gasteiger partial charge is 0.351 e. The molecule has 1 heterocycles. The molecule has 3 unspecified atom stereocenters. The molecular weight excluding hydrogens is 284 g/mol. The van der Waals surface area contributed by atoms with E-state index in [-0.39, 0.29) is 11.9 Å². The highest BCUT2D eigenvalue weighted by molar-refractivity contribution is 6.31. The van der Waals surface area contributed by atoms with Gasteiger partial charge in [-0.3, -0.25) is 4.79 Å². The van der Waals surface area contributed by atoms with E-state index in [2.05, 4.69) is 10.6 Å². The lowest BCUT2D eigenvalue weighted by Gasteiger charge is -2.39. The Morgan fingerprint density at radius 3 is 2.86 bits per heavy atom. The second-order valence-electron chi connectivity index (χ2n) is 6.26. The van der Waals surface area contributed by atoms with Crippen molar-refractivity contribution in [1.29, 1.82) is 0 Å². The fourth-order valence-electron chi connectivity index (χ4n) is 3.65. The summed E-state index contributed by atoms with van der Waals surface area (Å²) in [6.45, 7) is 0.505. The molecule has 2 N–H and O–H groups in total. The normalized spacial score (nSPS) is 28.7. The minimum Gasteiger partial charge on any atom is -0.351 e. The van der Waals surface area contributed by atoms with Gasteiger partial charge in [0.25, 0.3) is 0 Å². The zero-order chi connectivity index (χ0) is 14.7. The van der Waals surface area contributed by atoms with E-state index in [0.717, 1.165) is 17.9 Å². The lowest BCUT2D eigenvalue weighted by molar-refractivity contribution is -0.124. The minimum atomic E-state index is -0.0353. The molecule has 1 aliphatic heterocycles. The molecule has 3 nitrogen and oxygen atoms in total. The van der Waals surface area contributed by atoms with E-state index in [0.29, 0.717) is 17.6 Å². The summed E-state index contributed by atoms with van der Waals surface area (Å²) in [6.07, 6.45) is 7.33. The Bertz CT molecular complexity index is 505. The molecule has 0 aromatic heterocycles. The van der Waals surface area contributed by atoms with E-state index in [4.69, 9.17) is 11.6 Å². The predicted molar refractivity (Wildman–Crippen MR) is 85.2 cm³/mol. The molecule has 4 heteroatoms. The molecule has 0 radical (unpaired) electrons. The van der Waals surface area contributed by atoms with Crippen LogP contribution < -0.4 is 10.6 Å². The summed E-state index contributed by atoms with van der Waals surface area (Å²) < 4.78 is 0. The van der Waals surface area contributed by atoms with Gasteiger partial charge in [0.1, 0.15) is 0 Å². The van der Waals surface area contributed by atoms with Gasteiger partial charge >= 0.3 is 0 Å². The number of hydrogen-bond donors (Lipinski definition) is 2. The Labute approximate surface area is 131 Å². The van der Waals surface area contributed by atoms with Crippen LogP contribution in [0.5, 0.6) is 0 Å². The summed E-state index contributed by atoms with van der Waals surface area (Å²) in [4.78, 5) is 12.3. The lowest BCUT2D eigenvalue weighted by Crippen LogP contribution is -2.54. The zero-order valence-corrected chi connectivity index (χ0v) is 13.0. The van der Waals surface area contributed by atoms with E-state index in [1.54, 1.807) is 0 Å². The Kier molecular flexibility index (Phi) is 4.81. The summed E-state index contributed by atoms with van der Waals surface area (Å²) in [5.74, 6) is 0.894. The first-order chi connectivity index (χ1) is 10.2. The van der Waals surface area contributed by atoms with Crippen molar-refractivity contribution >= 4 is 17.5 Å². The summed E-state index contributed by atoms with van der Waals surface area (Å²) in [5, 5.41) is 7.29. The number of carbonyl (C=O) groups is 1. The highest BCUT2D eigenvalue weighted by atomic mass is 35.5. The molecule has 1 amide bonds. The summed E-state index contributed by atoms with van der Waals surface area (Å²) in [5.41, 5.74) is 0.971. The number of benzene rings is 1. The van der Waals surface area contributed by atoms with Crippen LogP contribution in [0.15, 0.2) is 24.3 Å². The number of piperidine rings is 1. The number of amides is 1. The van der Waals surface area contributed by atoms with Crippen molar-refractivity contribution < 1.29 is 4.79 Å². The number of carbonyl (C=O) groups excluding carboxylic acids is 1. The van der Waals surface area contributed by atoms with Gasteiger partial charge < -0.3 is 10.6 Å². The van der Waals surface area contributed by atoms with Crippen LogP contribution >= 0.6 is 11.6 Å². The average Bonchev–Trinajstić information content (AvgIpc) is 2.53. The smallest absolute Gasteiger partial charge is 0.237 e. The van der Waals surface area contributed by atoms with E-state index >= 15 is 0 Å². The molecule has 0 bridgehead atoms. The molecule has 1 aromatic rings. The minimum absolute atomic E-state index is 0.0353. The van der Waals surface area contributed by atoms with Crippen LogP contribution in [0.4, 0.5) is 0 Å². The third kappa shape index (κ3) is 3.58. The second-order valence-corrected chi connectivity index (χ2v) is 6.66. The lowest BCUT2D eigenvalue weighted by atomic mass is 9.77. The molecule has 1 aliphatic carbocycles. The van der Waals surface area contributed by atoms with E-state index in [9.17, 15) is 4.79 Å². The van der Waals surface area contributed by atoms with Gasteiger partial charge in [0.2, 0.25) is 5.91 Å². The highest BCUT2D eigenvalue weighted by Crippen LogP contribution is 2.32. The van der Waals surface area contributed by atoms with Crippen molar-refractivity contribution in [3.05, 3.63) is 34.9 Å². The van der Waals surface area contributed by atoms with E-state index < -0.39 is 0 Å². The first-order valence-corrected chi connectivity index (χ1v) is 8.39. The molecule has 114 valence electrons. The van der Waals surface area contributed by atoms with Crippen LogP contribution in [-0.2, 0) is 11.3 Å². The van der Waals surface area contributed by atoms with Crippen LogP contribution in [0.1, 0.15) is 44.1 Å². The van der Waals surface area contributed by atoms with Gasteiger partial charge in [0.15, 0.2) is 0 Å². The number of rotatable bonds is 3. The van der Waals surface area contributed by atoms with Crippen molar-refractivity contribution in [3.63, 3.8) is 0 Å². The fraction of sp³-hybridized carbons (Fsp3) is 0.588. The van der Waals surface area contributed by atoms with Crippen molar-refractivity contribution in [2.24, 2.45) is 5.92 Å². The van der Waals surface area contributed by atoms with Crippen molar-refractivity contribution in [2.75, 3.05) is 0 Å². The predicted octanol–water partition coefficient (Wildman–Crippen LogP) is 3.27. The number of halogens is 1. The highest BCUT2D eigenvalue weighted by Gasteiger charge is 2.34. The van der Waals surface area contributed by atoms with Crippen molar-refractivity contribution in [2.45, 2.75) is 57.2 Å². The molecule has 0 spiro atoms. The molecule has 1 saturated carbocycles. The molecule has 21 heavy (non-hydrogen) atoms. The third-order valence-corrected chi connectivity index (χ3v) is 5.25. The first kappa shape index (κ1) is 14.9. The number of hydrogen-bond acceptors (Lipinski definition) is 2. The first-order valence-electron chi connectivity index (χ1n) is 8.01. The molecule has 2 fully saturated rings. The summed E-state index contributed by atoms with van der Waals surface area (Å²) in [7, 11) is 0. The number of fused-ring (bicyclic) bond motifs is 1. The Hall–Kier alpha value is -1.06. The Balaban J connectivity index is 1.53. The molecule has 3 atom stereocenters. The van der Waals surface area contributed by atoms with Gasteiger partial charge in [-0.25, -0.2) is 0 Å². The van der Waals surface area contributed by atoms with Gasteiger partial charge in [-0.1, -0.05) is 42.6 Å². The monoisotopic (exact) mass is 306 g/mol. The standard InChI is InChI=1S/C17H23ClN2O/c18-14-7-3-1-6-13(14)11-19-17(21)16-10-9-12-5-2-4-8-15(12)20-16/h1,3,6-7,12,15-16,20H,2,4-5,8-11H2,(H,19,21). The zero-order valence-electron chi connectivity index (χ0n) is 12.3. The van der Waals surface area contributed by atoms with Crippen LogP contribution in [0.2, 0.25) is 5.02 Å². The number of nitrogens with one attached hydrogen (secondary N) is 2. The van der Waals surface area contributed by atoms with Gasteiger partial charge in [-0.2, -0.15) is 0 Å². The fourth-order valence-corrected chi connectivity index (χ4v) is 3.85. The maximum Gasteiger partial charge on any atom is 0.237 e. The molecule has 1 aromatic carbocycles. The molecular formula is C17H23ClN2O. The van der Waals surface area contributed by atoms with Crippen LogP contribution in [-0.4, -0.2) is 18.0 Å². The van der Waals surface area contributed by atoms with Crippen LogP contribution in [0.25, 0.3) is 0 Å². The maximum atomic E-state index is 12.3. The van der Waals surface area contributed by atoms with Crippen molar-refractivity contribution in [1.82, 2.24) is 10.6 Å². The van der Waals surface area contributed by atoms with E-state index in [1.807, 2.05) is 24.3 Å². The SMILES string of the molecule is O=C(NCc1ccccc1Cl)C1CCC2CCCCC2N1. The van der Waals surface area contributed by atoms with Gasteiger partial charge in [-0.05, 0) is 43.2 Å². The van der Waals surface area contributed by atoms with Gasteiger partial charge in [0.05, 0.1) is 6.04 Å². The maximum absolute atomic E-state index is 12.3. The molecule has 1 saturated heterocycles. The van der Waals surface area contributed by atoms with Crippen LogP contribution in [0.3, 0.4) is 0 Å². The Morgan fingerprint density at radius 2 is 2.00 bits per heavy atom. The summed E-state index contributed by atoms with van der Waals surface area (Å²) >= 11 is 6.12. The molecule has 3 rings (SSSR count). The van der Waals surface area contributed by atoms with Crippen molar-refractivity contribution in [3.8, 4) is 0 Å². The van der Waals surface area contributed by atoms with Gasteiger partial charge in [0, 0.05) is 17.6 Å². The van der Waals surface area contributed by atoms with Crippen LogP contribution in [0, 0.1) is 5.92 Å². The second kappa shape index (κ2) is 6.80. The third-order valence-electron chi connectivity index (χ3n) is 4.88. The topological polar surface area (TPSA) is 41.1 Å². The summed E-state index contributed by atoms with van der Waals surface area (Å²) in [6, 6.07) is 8.16. The molecule has 2 aliphatic rings. The van der Waals surface area contributed by atoms with Gasteiger partial charge in [-0.15, -0.1) is 0 Å². The average molecular weight is 307 g/mol. The Morgan fingerprint density at radius 1 is 1.19 bits per heavy atom. The van der Waals surface area contributed by atoms with E-state index in [1.165, 1.54) is 32.1 Å². The quantitative estimate of drug-likeness (QED) is 0.900.